The summed E-state index contributed by atoms with van der Waals surface area (Å²) in [5.41, 5.74) is 10.5. The van der Waals surface area contributed by atoms with E-state index >= 15 is 0 Å². The van der Waals surface area contributed by atoms with Gasteiger partial charge in [-0.2, -0.15) is 5.26 Å². The summed E-state index contributed by atoms with van der Waals surface area (Å²) in [7, 11) is 0. The number of anilines is 1. The second-order valence-electron chi connectivity index (χ2n) is 5.47. The Hall–Kier alpha value is -2.31. The molecular formula is C18H19N3. The molecule has 0 amide bonds. The Morgan fingerprint density at radius 1 is 1.05 bits per heavy atom. The molecule has 1 atom stereocenters. The zero-order valence-electron chi connectivity index (χ0n) is 12.0. The van der Waals surface area contributed by atoms with Crippen LogP contribution in [0.3, 0.4) is 0 Å². The summed E-state index contributed by atoms with van der Waals surface area (Å²) in [5, 5.41) is 9.15. The fourth-order valence-electron chi connectivity index (χ4n) is 2.95. The predicted octanol–water partition coefficient (Wildman–Crippen LogP) is 3.21. The molecule has 3 nitrogen and oxygen atoms in total. The lowest BCUT2D eigenvalue weighted by Gasteiger charge is -2.25. The van der Waals surface area contributed by atoms with Crippen LogP contribution >= 0.6 is 0 Å². The number of nitrogens with two attached hydrogens (primary N) is 1. The minimum atomic E-state index is -0.158. The van der Waals surface area contributed by atoms with Crippen molar-refractivity contribution in [3.05, 3.63) is 65.2 Å². The minimum Gasteiger partial charge on any atom is -0.371 e. The first-order valence-electron chi connectivity index (χ1n) is 7.39. The number of benzene rings is 2. The molecule has 0 aliphatic carbocycles. The van der Waals surface area contributed by atoms with Crippen LogP contribution in [0, 0.1) is 11.3 Å². The summed E-state index contributed by atoms with van der Waals surface area (Å²) in [6.45, 7) is 2.09. The van der Waals surface area contributed by atoms with Crippen LogP contribution in [-0.2, 0) is 0 Å². The van der Waals surface area contributed by atoms with Crippen LogP contribution in [0.1, 0.15) is 35.6 Å². The zero-order valence-corrected chi connectivity index (χ0v) is 12.0. The molecule has 1 unspecified atom stereocenters. The molecule has 0 saturated carbocycles. The highest BCUT2D eigenvalue weighted by molar-refractivity contribution is 5.60. The van der Waals surface area contributed by atoms with Gasteiger partial charge in [-0.1, -0.05) is 36.4 Å². The molecular weight excluding hydrogens is 258 g/mol. The van der Waals surface area contributed by atoms with Crippen molar-refractivity contribution in [2.45, 2.75) is 18.9 Å². The van der Waals surface area contributed by atoms with Gasteiger partial charge in [0, 0.05) is 18.8 Å². The zero-order chi connectivity index (χ0) is 14.7. The Morgan fingerprint density at radius 3 is 2.43 bits per heavy atom. The largest absolute Gasteiger partial charge is 0.371 e. The monoisotopic (exact) mass is 277 g/mol. The van der Waals surface area contributed by atoms with Crippen molar-refractivity contribution in [1.82, 2.24) is 0 Å². The first-order valence-corrected chi connectivity index (χ1v) is 7.39. The molecule has 3 rings (SSSR count). The summed E-state index contributed by atoms with van der Waals surface area (Å²) in [5.74, 6) is 0. The molecule has 2 N–H and O–H groups in total. The van der Waals surface area contributed by atoms with E-state index in [1.807, 2.05) is 36.4 Å². The summed E-state index contributed by atoms with van der Waals surface area (Å²) in [4.78, 5) is 2.35. The molecule has 0 aromatic heterocycles. The second kappa shape index (κ2) is 5.99. The van der Waals surface area contributed by atoms with Gasteiger partial charge in [0.1, 0.15) is 0 Å². The SMILES string of the molecule is N#Cc1ccc(C(N)c2ccccc2)c(N2CCCC2)c1. The van der Waals surface area contributed by atoms with Crippen molar-refractivity contribution < 1.29 is 0 Å². The van der Waals surface area contributed by atoms with Gasteiger partial charge in [0.2, 0.25) is 0 Å². The molecule has 1 aliphatic rings. The molecule has 1 fully saturated rings. The van der Waals surface area contributed by atoms with Gasteiger partial charge in [0.15, 0.2) is 0 Å². The second-order valence-corrected chi connectivity index (χ2v) is 5.47. The van der Waals surface area contributed by atoms with Crippen LogP contribution in [0.4, 0.5) is 5.69 Å². The fourth-order valence-corrected chi connectivity index (χ4v) is 2.95. The van der Waals surface area contributed by atoms with Gasteiger partial charge in [-0.15, -0.1) is 0 Å². The van der Waals surface area contributed by atoms with Gasteiger partial charge in [0.25, 0.3) is 0 Å². The Balaban J connectivity index is 2.03. The summed E-state index contributed by atoms with van der Waals surface area (Å²) < 4.78 is 0. The summed E-state index contributed by atoms with van der Waals surface area (Å²) >= 11 is 0. The normalized spacial score (nSPS) is 15.7. The van der Waals surface area contributed by atoms with Crippen molar-refractivity contribution in [1.29, 1.82) is 5.26 Å². The van der Waals surface area contributed by atoms with Gasteiger partial charge in [-0.05, 0) is 36.1 Å². The third-order valence-electron chi connectivity index (χ3n) is 4.10. The van der Waals surface area contributed by atoms with Crippen LogP contribution in [0.25, 0.3) is 0 Å². The van der Waals surface area contributed by atoms with E-state index in [9.17, 15) is 0 Å². The molecule has 0 spiro atoms. The highest BCUT2D eigenvalue weighted by Gasteiger charge is 2.20. The maximum Gasteiger partial charge on any atom is 0.0992 e. The number of nitrogens with zero attached hydrogens (tertiary/aromatic N) is 2. The topological polar surface area (TPSA) is 53.1 Å². The maximum atomic E-state index is 9.15. The first-order chi connectivity index (χ1) is 10.3. The average Bonchev–Trinajstić information content (AvgIpc) is 3.09. The Morgan fingerprint density at radius 2 is 1.76 bits per heavy atom. The third kappa shape index (κ3) is 2.76. The quantitative estimate of drug-likeness (QED) is 0.937. The van der Waals surface area contributed by atoms with E-state index in [2.05, 4.69) is 23.1 Å². The van der Waals surface area contributed by atoms with Gasteiger partial charge in [-0.25, -0.2) is 0 Å². The lowest BCUT2D eigenvalue weighted by atomic mass is 9.96. The standard InChI is InChI=1S/C18H19N3/c19-13-14-8-9-16(17(12-14)21-10-4-5-11-21)18(20)15-6-2-1-3-7-15/h1-3,6-9,12,18H,4-5,10-11,20H2. The molecule has 106 valence electrons. The first kappa shape index (κ1) is 13.7. The van der Waals surface area contributed by atoms with Crippen LogP contribution in [0.5, 0.6) is 0 Å². The van der Waals surface area contributed by atoms with E-state index in [0.717, 1.165) is 29.9 Å². The molecule has 1 aliphatic heterocycles. The fraction of sp³-hybridized carbons (Fsp3) is 0.278. The molecule has 21 heavy (non-hydrogen) atoms. The van der Waals surface area contributed by atoms with Crippen molar-refractivity contribution in [2.75, 3.05) is 18.0 Å². The number of hydrogen-bond acceptors (Lipinski definition) is 3. The van der Waals surface area contributed by atoms with Gasteiger partial charge in [-0.3, -0.25) is 0 Å². The van der Waals surface area contributed by atoms with Crippen LogP contribution in [0.2, 0.25) is 0 Å². The molecule has 0 bridgehead atoms. The number of nitriles is 1. The molecule has 0 radical (unpaired) electrons. The van der Waals surface area contributed by atoms with E-state index in [-0.39, 0.29) is 6.04 Å². The lowest BCUT2D eigenvalue weighted by Crippen LogP contribution is -2.22. The van der Waals surface area contributed by atoms with Crippen molar-refractivity contribution in [3.63, 3.8) is 0 Å². The van der Waals surface area contributed by atoms with Gasteiger partial charge >= 0.3 is 0 Å². The van der Waals surface area contributed by atoms with Crippen molar-refractivity contribution >= 4 is 5.69 Å². The number of rotatable bonds is 3. The highest BCUT2D eigenvalue weighted by Crippen LogP contribution is 2.32. The van der Waals surface area contributed by atoms with Crippen molar-refractivity contribution in [2.24, 2.45) is 5.73 Å². The molecule has 3 heteroatoms. The van der Waals surface area contributed by atoms with Crippen LogP contribution in [-0.4, -0.2) is 13.1 Å². The van der Waals surface area contributed by atoms with E-state index in [1.165, 1.54) is 12.8 Å². The average molecular weight is 277 g/mol. The van der Waals surface area contributed by atoms with E-state index < -0.39 is 0 Å². The molecule has 1 saturated heterocycles. The maximum absolute atomic E-state index is 9.15. The predicted molar refractivity (Wildman–Crippen MR) is 85.1 cm³/mol. The van der Waals surface area contributed by atoms with E-state index in [1.54, 1.807) is 0 Å². The molecule has 2 aromatic rings. The Labute approximate surface area is 125 Å². The lowest BCUT2D eigenvalue weighted by molar-refractivity contribution is 0.850. The van der Waals surface area contributed by atoms with Crippen LogP contribution < -0.4 is 10.6 Å². The van der Waals surface area contributed by atoms with Gasteiger partial charge < -0.3 is 10.6 Å². The Bertz CT molecular complexity index is 652. The Kier molecular flexibility index (Phi) is 3.89. The summed E-state index contributed by atoms with van der Waals surface area (Å²) in [6, 6.07) is 18.0. The third-order valence-corrected chi connectivity index (χ3v) is 4.10. The van der Waals surface area contributed by atoms with E-state index in [0.29, 0.717) is 5.56 Å². The smallest absolute Gasteiger partial charge is 0.0992 e. The van der Waals surface area contributed by atoms with Crippen LogP contribution in [0.15, 0.2) is 48.5 Å². The van der Waals surface area contributed by atoms with Gasteiger partial charge in [0.05, 0.1) is 17.7 Å². The highest BCUT2D eigenvalue weighted by atomic mass is 15.1. The number of hydrogen-bond donors (Lipinski definition) is 1. The van der Waals surface area contributed by atoms with Crippen molar-refractivity contribution in [3.8, 4) is 6.07 Å². The minimum absolute atomic E-state index is 0.158. The molecule has 1 heterocycles. The summed E-state index contributed by atoms with van der Waals surface area (Å²) in [6.07, 6.45) is 2.41. The van der Waals surface area contributed by atoms with E-state index in [4.69, 9.17) is 11.0 Å². The molecule has 2 aromatic carbocycles.